The molecule has 3 heteroatoms. The molecular weight excluding hydrogens is 392 g/mol. The fourth-order valence-corrected chi connectivity index (χ4v) is 5.80. The molecule has 0 fully saturated rings. The molecule has 1 aliphatic carbocycles. The Morgan fingerprint density at radius 2 is 1.94 bits per heavy atom. The summed E-state index contributed by atoms with van der Waals surface area (Å²) in [4.78, 5) is 0. The highest BCUT2D eigenvalue weighted by atomic mass is 16.5. The Morgan fingerprint density at radius 3 is 2.81 bits per heavy atom. The minimum atomic E-state index is 0.240. The van der Waals surface area contributed by atoms with Crippen molar-refractivity contribution in [1.82, 2.24) is 4.57 Å². The summed E-state index contributed by atoms with van der Waals surface area (Å²) in [6, 6.07) is 22.4. The van der Waals surface area contributed by atoms with Crippen molar-refractivity contribution in [1.29, 1.82) is 0 Å². The molecular formula is C29H28N2O. The van der Waals surface area contributed by atoms with Crippen LogP contribution in [0.15, 0.2) is 85.5 Å². The monoisotopic (exact) mass is 420 g/mol. The number of ether oxygens (including phenoxy) is 1. The van der Waals surface area contributed by atoms with Gasteiger partial charge in [-0.05, 0) is 54.7 Å². The number of fused-ring (bicyclic) bond motifs is 6. The van der Waals surface area contributed by atoms with Gasteiger partial charge in [-0.3, -0.25) is 0 Å². The molecule has 0 bridgehead atoms. The molecule has 3 aromatic carbocycles. The van der Waals surface area contributed by atoms with Gasteiger partial charge < -0.3 is 14.6 Å². The molecule has 0 saturated heterocycles. The Kier molecular flexibility index (Phi) is 4.57. The van der Waals surface area contributed by atoms with Crippen LogP contribution in [0.25, 0.3) is 21.8 Å². The van der Waals surface area contributed by atoms with Crippen molar-refractivity contribution in [3.63, 3.8) is 0 Å². The minimum absolute atomic E-state index is 0.240. The van der Waals surface area contributed by atoms with Crippen LogP contribution >= 0.6 is 0 Å². The Labute approximate surface area is 189 Å². The number of nitrogens with one attached hydrogen (secondary N) is 1. The van der Waals surface area contributed by atoms with Gasteiger partial charge in [0.1, 0.15) is 12.4 Å². The van der Waals surface area contributed by atoms with Crippen LogP contribution in [0, 0.1) is 5.92 Å². The lowest BCUT2D eigenvalue weighted by Crippen LogP contribution is -2.29. The Hall–Kier alpha value is -3.46. The van der Waals surface area contributed by atoms with E-state index in [1.54, 1.807) is 6.08 Å². The van der Waals surface area contributed by atoms with Crippen molar-refractivity contribution in [3.05, 3.63) is 96.6 Å². The van der Waals surface area contributed by atoms with Crippen LogP contribution in [0.2, 0.25) is 0 Å². The van der Waals surface area contributed by atoms with Crippen LogP contribution in [-0.4, -0.2) is 11.2 Å². The van der Waals surface area contributed by atoms with Gasteiger partial charge in [0.2, 0.25) is 0 Å². The predicted molar refractivity (Wildman–Crippen MR) is 134 cm³/mol. The lowest BCUT2D eigenvalue weighted by molar-refractivity contribution is 0.358. The molecule has 4 aromatic rings. The number of aryl methyl sites for hydroxylation is 1. The smallest absolute Gasteiger partial charge is 0.143 e. The van der Waals surface area contributed by atoms with Crippen molar-refractivity contribution < 1.29 is 4.74 Å². The number of benzene rings is 3. The van der Waals surface area contributed by atoms with E-state index in [1.807, 2.05) is 0 Å². The summed E-state index contributed by atoms with van der Waals surface area (Å²) >= 11 is 0. The van der Waals surface area contributed by atoms with Crippen LogP contribution in [0.5, 0.6) is 5.75 Å². The molecule has 3 nitrogen and oxygen atoms in total. The Balaban J connectivity index is 1.49. The van der Waals surface area contributed by atoms with E-state index in [0.29, 0.717) is 18.4 Å². The predicted octanol–water partition coefficient (Wildman–Crippen LogP) is 7.21. The van der Waals surface area contributed by atoms with Gasteiger partial charge >= 0.3 is 0 Å². The zero-order valence-corrected chi connectivity index (χ0v) is 18.4. The second-order valence-corrected chi connectivity index (χ2v) is 8.83. The molecule has 0 saturated carbocycles. The number of allylic oxidation sites excluding steroid dienone is 2. The van der Waals surface area contributed by atoms with Gasteiger partial charge in [-0.2, -0.15) is 0 Å². The van der Waals surface area contributed by atoms with Gasteiger partial charge in [-0.15, -0.1) is 0 Å². The normalized spacial score (nSPS) is 21.3. The van der Waals surface area contributed by atoms with Crippen molar-refractivity contribution in [2.24, 2.45) is 5.92 Å². The van der Waals surface area contributed by atoms with E-state index in [4.69, 9.17) is 4.74 Å². The molecule has 1 aliphatic heterocycles. The quantitative estimate of drug-likeness (QED) is 0.345. The van der Waals surface area contributed by atoms with E-state index in [-0.39, 0.29) is 6.04 Å². The summed E-state index contributed by atoms with van der Waals surface area (Å²) in [6.07, 6.45) is 7.62. The fourth-order valence-electron chi connectivity index (χ4n) is 5.80. The second-order valence-electron chi connectivity index (χ2n) is 8.83. The zero-order valence-electron chi connectivity index (χ0n) is 18.4. The number of nitrogens with zero attached hydrogens (tertiary/aromatic N) is 1. The molecule has 2 aliphatic rings. The lowest BCUT2D eigenvalue weighted by Gasteiger charge is -2.38. The summed E-state index contributed by atoms with van der Waals surface area (Å²) in [5.41, 5.74) is 6.43. The maximum atomic E-state index is 6.02. The SMILES string of the molecule is C=CCOc1cccc2c1NC(c1ccc3c(c1)c1ccccc1n3CC)C1CC=CC21. The van der Waals surface area contributed by atoms with E-state index >= 15 is 0 Å². The van der Waals surface area contributed by atoms with Gasteiger partial charge in [0, 0.05) is 34.3 Å². The fraction of sp³-hybridized carbons (Fsp3) is 0.241. The van der Waals surface area contributed by atoms with Gasteiger partial charge in [0.05, 0.1) is 11.7 Å². The molecule has 1 aromatic heterocycles. The maximum Gasteiger partial charge on any atom is 0.143 e. The summed E-state index contributed by atoms with van der Waals surface area (Å²) in [6.45, 7) is 7.51. The Morgan fingerprint density at radius 1 is 1.06 bits per heavy atom. The zero-order chi connectivity index (χ0) is 21.7. The second kappa shape index (κ2) is 7.59. The standard InChI is InChI=1S/C29H28N2O/c1-3-17-32-27-14-8-12-23-20-10-7-11-22(20)28(30-29(23)27)19-15-16-26-24(18-19)21-9-5-6-13-25(21)31(26)4-2/h3,5-10,12-16,18,20,22,28,30H,1,4,11,17H2,2H3. The van der Waals surface area contributed by atoms with E-state index in [0.717, 1.165) is 24.4 Å². The Bertz CT molecular complexity index is 1360. The first-order chi connectivity index (χ1) is 15.8. The maximum absolute atomic E-state index is 6.02. The van der Waals surface area contributed by atoms with Gasteiger partial charge in [-0.1, -0.05) is 61.2 Å². The molecule has 6 rings (SSSR count). The average Bonchev–Trinajstić information content (AvgIpc) is 3.45. The third kappa shape index (κ3) is 2.81. The highest BCUT2D eigenvalue weighted by Gasteiger charge is 2.39. The number of para-hydroxylation sites is 2. The third-order valence-corrected chi connectivity index (χ3v) is 7.19. The summed E-state index contributed by atoms with van der Waals surface area (Å²) in [7, 11) is 0. The largest absolute Gasteiger partial charge is 0.487 e. The van der Waals surface area contributed by atoms with E-state index in [1.165, 1.54) is 32.9 Å². The van der Waals surface area contributed by atoms with E-state index in [9.17, 15) is 0 Å². The van der Waals surface area contributed by atoms with Crippen LogP contribution in [0.4, 0.5) is 5.69 Å². The van der Waals surface area contributed by atoms with Crippen molar-refractivity contribution in [3.8, 4) is 5.75 Å². The molecule has 32 heavy (non-hydrogen) atoms. The highest BCUT2D eigenvalue weighted by molar-refractivity contribution is 6.08. The van der Waals surface area contributed by atoms with Crippen LogP contribution in [0.1, 0.15) is 36.4 Å². The van der Waals surface area contributed by atoms with E-state index in [2.05, 4.69) is 96.2 Å². The minimum Gasteiger partial charge on any atom is -0.487 e. The molecule has 2 heterocycles. The summed E-state index contributed by atoms with van der Waals surface area (Å²) in [5, 5.41) is 6.56. The average molecular weight is 421 g/mol. The molecule has 0 radical (unpaired) electrons. The molecule has 160 valence electrons. The van der Waals surface area contributed by atoms with Gasteiger partial charge in [0.15, 0.2) is 0 Å². The number of anilines is 1. The van der Waals surface area contributed by atoms with Crippen LogP contribution < -0.4 is 10.1 Å². The molecule has 0 amide bonds. The first kappa shape index (κ1) is 19.2. The number of rotatable bonds is 5. The highest BCUT2D eigenvalue weighted by Crippen LogP contribution is 2.52. The van der Waals surface area contributed by atoms with E-state index < -0.39 is 0 Å². The van der Waals surface area contributed by atoms with Crippen molar-refractivity contribution in [2.45, 2.75) is 31.8 Å². The molecule has 3 unspecified atom stereocenters. The van der Waals surface area contributed by atoms with Crippen molar-refractivity contribution >= 4 is 27.5 Å². The number of hydrogen-bond acceptors (Lipinski definition) is 2. The first-order valence-electron chi connectivity index (χ1n) is 11.6. The molecule has 3 atom stereocenters. The lowest BCUT2D eigenvalue weighted by atomic mass is 9.76. The van der Waals surface area contributed by atoms with Gasteiger partial charge in [0.25, 0.3) is 0 Å². The molecule has 0 spiro atoms. The van der Waals surface area contributed by atoms with Crippen LogP contribution in [0.3, 0.4) is 0 Å². The topological polar surface area (TPSA) is 26.2 Å². The first-order valence-corrected chi connectivity index (χ1v) is 11.6. The molecule has 1 N–H and O–H groups in total. The number of hydrogen-bond donors (Lipinski definition) is 1. The summed E-state index contributed by atoms with van der Waals surface area (Å²) < 4.78 is 8.44. The number of aromatic nitrogens is 1. The van der Waals surface area contributed by atoms with Crippen LogP contribution in [-0.2, 0) is 6.54 Å². The van der Waals surface area contributed by atoms with Gasteiger partial charge in [-0.25, -0.2) is 0 Å². The third-order valence-electron chi connectivity index (χ3n) is 7.19. The summed E-state index contributed by atoms with van der Waals surface area (Å²) in [5.74, 6) is 1.83. The van der Waals surface area contributed by atoms with Crippen molar-refractivity contribution in [2.75, 3.05) is 11.9 Å².